The highest BCUT2D eigenvalue weighted by atomic mass is 15.2. The quantitative estimate of drug-likeness (QED) is 0.822. The Morgan fingerprint density at radius 3 is 2.50 bits per heavy atom. The average Bonchev–Trinajstić information content (AvgIpc) is 2.96. The molecule has 3 rings (SSSR count). The van der Waals surface area contributed by atoms with E-state index in [1.54, 1.807) is 0 Å². The van der Waals surface area contributed by atoms with Crippen molar-refractivity contribution in [3.05, 3.63) is 34.9 Å². The number of benzene rings is 1. The molecule has 2 nitrogen and oxygen atoms in total. The van der Waals surface area contributed by atoms with Crippen LogP contribution in [0.15, 0.2) is 18.2 Å². The predicted molar refractivity (Wildman–Crippen MR) is 65.9 cm³/mol. The summed E-state index contributed by atoms with van der Waals surface area (Å²) in [5.74, 6) is 0. The van der Waals surface area contributed by atoms with Crippen molar-refractivity contribution < 1.29 is 0 Å². The topological polar surface area (TPSA) is 29.3 Å². The number of hydrogen-bond donors (Lipinski definition) is 1. The van der Waals surface area contributed by atoms with Gasteiger partial charge in [0.2, 0.25) is 0 Å². The summed E-state index contributed by atoms with van der Waals surface area (Å²) >= 11 is 0. The molecule has 16 heavy (non-hydrogen) atoms. The summed E-state index contributed by atoms with van der Waals surface area (Å²) in [7, 11) is 0. The molecule has 1 aromatic carbocycles. The van der Waals surface area contributed by atoms with Gasteiger partial charge in [-0.15, -0.1) is 0 Å². The van der Waals surface area contributed by atoms with Crippen molar-refractivity contribution in [3.8, 4) is 0 Å². The maximum absolute atomic E-state index is 6.14. The lowest BCUT2D eigenvalue weighted by Gasteiger charge is -2.19. The van der Waals surface area contributed by atoms with E-state index in [1.807, 2.05) is 0 Å². The van der Waals surface area contributed by atoms with Gasteiger partial charge in [0.15, 0.2) is 0 Å². The largest absolute Gasteiger partial charge is 0.322 e. The fraction of sp³-hybridized carbons (Fsp3) is 0.571. The summed E-state index contributed by atoms with van der Waals surface area (Å²) in [6.07, 6.45) is 2.78. The van der Waals surface area contributed by atoms with Crippen LogP contribution in [0.5, 0.6) is 0 Å². The fourth-order valence-corrected chi connectivity index (χ4v) is 2.52. The third kappa shape index (κ3) is 1.76. The Labute approximate surface area is 97.4 Å². The van der Waals surface area contributed by atoms with E-state index >= 15 is 0 Å². The van der Waals surface area contributed by atoms with Crippen LogP contribution in [-0.2, 0) is 18.6 Å². The zero-order chi connectivity index (χ0) is 11.3. The van der Waals surface area contributed by atoms with Crippen LogP contribution in [0, 0.1) is 0 Å². The van der Waals surface area contributed by atoms with Crippen LogP contribution >= 0.6 is 0 Å². The van der Waals surface area contributed by atoms with Crippen molar-refractivity contribution >= 4 is 0 Å². The van der Waals surface area contributed by atoms with Crippen molar-refractivity contribution in [2.75, 3.05) is 0 Å². The van der Waals surface area contributed by atoms with E-state index in [0.717, 1.165) is 19.1 Å². The molecule has 1 fully saturated rings. The molecule has 1 aliphatic carbocycles. The molecular formula is C14H20N2. The summed E-state index contributed by atoms with van der Waals surface area (Å²) in [4.78, 5) is 2.60. The maximum atomic E-state index is 6.14. The van der Waals surface area contributed by atoms with Gasteiger partial charge in [0.25, 0.3) is 0 Å². The molecule has 0 amide bonds. The van der Waals surface area contributed by atoms with Crippen LogP contribution in [-0.4, -0.2) is 10.9 Å². The van der Waals surface area contributed by atoms with E-state index in [1.165, 1.54) is 29.5 Å². The van der Waals surface area contributed by atoms with E-state index in [4.69, 9.17) is 5.73 Å². The summed E-state index contributed by atoms with van der Waals surface area (Å²) in [5.41, 5.74) is 10.2. The molecule has 0 radical (unpaired) electrons. The second kappa shape index (κ2) is 3.31. The first kappa shape index (κ1) is 10.3. The molecule has 1 heterocycles. The van der Waals surface area contributed by atoms with Crippen LogP contribution in [0.3, 0.4) is 0 Å². The highest BCUT2D eigenvalue weighted by Gasteiger charge is 2.33. The normalized spacial score (nSPS) is 21.2. The molecule has 1 saturated carbocycles. The second-order valence-corrected chi connectivity index (χ2v) is 5.84. The molecule has 2 aliphatic rings. The van der Waals surface area contributed by atoms with Crippen LogP contribution < -0.4 is 5.73 Å². The van der Waals surface area contributed by atoms with E-state index in [9.17, 15) is 0 Å². The molecule has 0 bridgehead atoms. The molecule has 0 aromatic heterocycles. The van der Waals surface area contributed by atoms with Gasteiger partial charge in [0.05, 0.1) is 0 Å². The van der Waals surface area contributed by atoms with Crippen LogP contribution in [0.25, 0.3) is 0 Å². The van der Waals surface area contributed by atoms with Gasteiger partial charge in [-0.05, 0) is 43.4 Å². The number of hydrogen-bond acceptors (Lipinski definition) is 2. The molecule has 0 saturated heterocycles. The number of nitrogens with zero attached hydrogens (tertiary/aromatic N) is 1. The minimum atomic E-state index is -0.220. The Kier molecular flexibility index (Phi) is 2.13. The van der Waals surface area contributed by atoms with Crippen molar-refractivity contribution in [1.82, 2.24) is 4.90 Å². The lowest BCUT2D eigenvalue weighted by molar-refractivity contribution is 0.273. The van der Waals surface area contributed by atoms with Crippen LogP contribution in [0.4, 0.5) is 0 Å². The first-order valence-corrected chi connectivity index (χ1v) is 6.19. The molecule has 1 aliphatic heterocycles. The molecular weight excluding hydrogens is 196 g/mol. The number of fused-ring (bicyclic) bond motifs is 1. The summed E-state index contributed by atoms with van der Waals surface area (Å²) in [5, 5.41) is 0. The lowest BCUT2D eigenvalue weighted by Crippen LogP contribution is -2.28. The maximum Gasteiger partial charge on any atom is 0.0352 e. The Balaban J connectivity index is 1.88. The highest BCUT2D eigenvalue weighted by Crippen LogP contribution is 2.35. The van der Waals surface area contributed by atoms with Gasteiger partial charge in [-0.2, -0.15) is 0 Å². The van der Waals surface area contributed by atoms with Gasteiger partial charge in [-0.25, -0.2) is 0 Å². The minimum Gasteiger partial charge on any atom is -0.322 e. The van der Waals surface area contributed by atoms with Crippen molar-refractivity contribution in [2.45, 2.75) is 51.4 Å². The Bertz CT molecular complexity index is 413. The Hall–Kier alpha value is -0.860. The minimum absolute atomic E-state index is 0.220. The van der Waals surface area contributed by atoms with Crippen LogP contribution in [0.2, 0.25) is 0 Å². The summed E-state index contributed by atoms with van der Waals surface area (Å²) in [6.45, 7) is 6.42. The van der Waals surface area contributed by atoms with Crippen molar-refractivity contribution in [3.63, 3.8) is 0 Å². The third-order valence-electron chi connectivity index (χ3n) is 3.76. The van der Waals surface area contributed by atoms with Gasteiger partial charge in [0.1, 0.15) is 0 Å². The van der Waals surface area contributed by atoms with Gasteiger partial charge in [-0.3, -0.25) is 4.90 Å². The molecule has 0 unspecified atom stereocenters. The zero-order valence-electron chi connectivity index (χ0n) is 10.2. The SMILES string of the molecule is CC(C)(N)c1ccc2c(c1)CN(C1CC1)C2. The van der Waals surface area contributed by atoms with E-state index in [2.05, 4.69) is 36.9 Å². The van der Waals surface area contributed by atoms with Gasteiger partial charge < -0.3 is 5.73 Å². The van der Waals surface area contributed by atoms with Gasteiger partial charge in [0, 0.05) is 24.7 Å². The standard InChI is InChI=1S/C14H20N2/c1-14(2,15)12-4-3-10-8-16(13-5-6-13)9-11(10)7-12/h3-4,7,13H,5-6,8-9,15H2,1-2H3. The Morgan fingerprint density at radius 2 is 1.88 bits per heavy atom. The van der Waals surface area contributed by atoms with Crippen LogP contribution in [0.1, 0.15) is 43.4 Å². The molecule has 2 N–H and O–H groups in total. The average molecular weight is 216 g/mol. The summed E-state index contributed by atoms with van der Waals surface area (Å²) in [6, 6.07) is 7.62. The molecule has 1 aromatic rings. The molecule has 0 spiro atoms. The predicted octanol–water partition coefficient (Wildman–Crippen LogP) is 2.36. The van der Waals surface area contributed by atoms with Crippen molar-refractivity contribution in [1.29, 1.82) is 0 Å². The number of nitrogens with two attached hydrogens (primary N) is 1. The lowest BCUT2D eigenvalue weighted by atomic mass is 9.93. The van der Waals surface area contributed by atoms with Gasteiger partial charge in [-0.1, -0.05) is 18.2 Å². The zero-order valence-corrected chi connectivity index (χ0v) is 10.2. The van der Waals surface area contributed by atoms with E-state index < -0.39 is 0 Å². The molecule has 2 heteroatoms. The van der Waals surface area contributed by atoms with Gasteiger partial charge >= 0.3 is 0 Å². The summed E-state index contributed by atoms with van der Waals surface area (Å²) < 4.78 is 0. The first-order valence-electron chi connectivity index (χ1n) is 6.19. The third-order valence-corrected chi connectivity index (χ3v) is 3.76. The second-order valence-electron chi connectivity index (χ2n) is 5.84. The smallest absolute Gasteiger partial charge is 0.0352 e. The van der Waals surface area contributed by atoms with E-state index in [0.29, 0.717) is 0 Å². The van der Waals surface area contributed by atoms with Crippen molar-refractivity contribution in [2.24, 2.45) is 5.73 Å². The highest BCUT2D eigenvalue weighted by molar-refractivity contribution is 5.37. The monoisotopic (exact) mass is 216 g/mol. The molecule has 86 valence electrons. The number of rotatable bonds is 2. The molecule has 0 atom stereocenters. The first-order chi connectivity index (χ1) is 7.54. The van der Waals surface area contributed by atoms with E-state index in [-0.39, 0.29) is 5.54 Å². The Morgan fingerprint density at radius 1 is 1.19 bits per heavy atom. The fourth-order valence-electron chi connectivity index (χ4n) is 2.52.